The molecule has 0 heterocycles. The van der Waals surface area contributed by atoms with E-state index in [4.69, 9.17) is 10.5 Å². The maximum atomic E-state index is 12.1. The summed E-state index contributed by atoms with van der Waals surface area (Å²) < 4.78 is 5.40. The average molecular weight is 279 g/mol. The number of nitro benzene ring substituents is 1. The average Bonchev–Trinajstić information content (AvgIpc) is 2.36. The molecule has 0 aromatic heterocycles. The summed E-state index contributed by atoms with van der Waals surface area (Å²) in [6, 6.07) is 4.25. The molecule has 1 aliphatic carbocycles. The quantitative estimate of drug-likeness (QED) is 0.482. The van der Waals surface area contributed by atoms with Gasteiger partial charge in [0.15, 0.2) is 0 Å². The van der Waals surface area contributed by atoms with Gasteiger partial charge >= 0.3 is 0 Å². The second kappa shape index (κ2) is 5.87. The number of nitrogens with one attached hydrogen (secondary N) is 1. The number of hydrogen-bond donors (Lipinski definition) is 2. The van der Waals surface area contributed by atoms with E-state index in [1.165, 1.54) is 18.2 Å². The van der Waals surface area contributed by atoms with Gasteiger partial charge in [0, 0.05) is 18.7 Å². The van der Waals surface area contributed by atoms with E-state index < -0.39 is 4.92 Å². The van der Waals surface area contributed by atoms with E-state index in [0.717, 1.165) is 12.8 Å². The third-order valence-corrected chi connectivity index (χ3v) is 3.36. The minimum absolute atomic E-state index is 0.0395. The van der Waals surface area contributed by atoms with E-state index in [9.17, 15) is 14.9 Å². The molecule has 108 valence electrons. The zero-order chi connectivity index (χ0) is 14.7. The molecule has 2 rings (SSSR count). The Bertz CT molecular complexity index is 526. The number of para-hydroxylation sites is 1. The van der Waals surface area contributed by atoms with Crippen LogP contribution in [0.5, 0.6) is 0 Å². The van der Waals surface area contributed by atoms with E-state index in [1.54, 1.807) is 0 Å². The summed E-state index contributed by atoms with van der Waals surface area (Å²) in [6.07, 6.45) is 1.70. The molecule has 7 nitrogen and oxygen atoms in total. The minimum atomic E-state index is -0.597. The van der Waals surface area contributed by atoms with Crippen molar-refractivity contribution in [3.8, 4) is 0 Å². The fraction of sp³-hybridized carbons (Fsp3) is 0.462. The van der Waals surface area contributed by atoms with E-state index in [2.05, 4.69) is 5.32 Å². The van der Waals surface area contributed by atoms with Gasteiger partial charge in [-0.1, -0.05) is 6.07 Å². The van der Waals surface area contributed by atoms with Crippen molar-refractivity contribution in [2.75, 3.05) is 12.3 Å². The Balaban J connectivity index is 2.00. The summed E-state index contributed by atoms with van der Waals surface area (Å²) in [5.41, 5.74) is 5.45. The van der Waals surface area contributed by atoms with Gasteiger partial charge in [0.2, 0.25) is 0 Å². The first kappa shape index (κ1) is 14.3. The van der Waals surface area contributed by atoms with Gasteiger partial charge in [-0.25, -0.2) is 0 Å². The SMILES string of the molecule is CCOC1CC(NC(=O)c2cccc([N+](=O)[O-])c2N)C1. The Morgan fingerprint density at radius 1 is 1.55 bits per heavy atom. The molecular weight excluding hydrogens is 262 g/mol. The van der Waals surface area contributed by atoms with Crippen LogP contribution < -0.4 is 11.1 Å². The second-order valence-electron chi connectivity index (χ2n) is 4.71. The number of carbonyl (C=O) groups excluding carboxylic acids is 1. The zero-order valence-corrected chi connectivity index (χ0v) is 11.2. The summed E-state index contributed by atoms with van der Waals surface area (Å²) >= 11 is 0. The Hall–Kier alpha value is -2.15. The number of hydrogen-bond acceptors (Lipinski definition) is 5. The van der Waals surface area contributed by atoms with Crippen LogP contribution in [0.25, 0.3) is 0 Å². The van der Waals surface area contributed by atoms with Gasteiger partial charge < -0.3 is 15.8 Å². The van der Waals surface area contributed by atoms with Crippen molar-refractivity contribution >= 4 is 17.3 Å². The number of amides is 1. The summed E-state index contributed by atoms with van der Waals surface area (Å²) in [7, 11) is 0. The van der Waals surface area contributed by atoms with Crippen LogP contribution in [-0.2, 0) is 4.74 Å². The fourth-order valence-corrected chi connectivity index (χ4v) is 2.23. The van der Waals surface area contributed by atoms with Gasteiger partial charge in [-0.3, -0.25) is 14.9 Å². The number of nitro groups is 1. The van der Waals surface area contributed by atoms with Crippen LogP contribution in [0.2, 0.25) is 0 Å². The van der Waals surface area contributed by atoms with Crippen molar-refractivity contribution in [1.82, 2.24) is 5.32 Å². The highest BCUT2D eigenvalue weighted by Gasteiger charge is 2.31. The molecule has 7 heteroatoms. The zero-order valence-electron chi connectivity index (χ0n) is 11.2. The number of benzene rings is 1. The fourth-order valence-electron chi connectivity index (χ4n) is 2.23. The first-order valence-electron chi connectivity index (χ1n) is 6.48. The lowest BCUT2D eigenvalue weighted by atomic mass is 9.89. The number of rotatable bonds is 5. The normalized spacial score (nSPS) is 21.1. The smallest absolute Gasteiger partial charge is 0.292 e. The molecule has 1 aliphatic rings. The third-order valence-electron chi connectivity index (χ3n) is 3.36. The Kier molecular flexibility index (Phi) is 4.19. The number of anilines is 1. The molecule has 0 saturated heterocycles. The highest BCUT2D eigenvalue weighted by atomic mass is 16.6. The van der Waals surface area contributed by atoms with Crippen LogP contribution in [0.1, 0.15) is 30.1 Å². The van der Waals surface area contributed by atoms with Crippen LogP contribution in [0.4, 0.5) is 11.4 Å². The van der Waals surface area contributed by atoms with E-state index in [1.807, 2.05) is 6.92 Å². The molecule has 1 fully saturated rings. The van der Waals surface area contributed by atoms with Gasteiger partial charge in [-0.15, -0.1) is 0 Å². The largest absolute Gasteiger partial charge is 0.393 e. The highest BCUT2D eigenvalue weighted by Crippen LogP contribution is 2.27. The van der Waals surface area contributed by atoms with Crippen LogP contribution in [-0.4, -0.2) is 29.6 Å². The van der Waals surface area contributed by atoms with Crippen molar-refractivity contribution in [2.24, 2.45) is 0 Å². The summed E-state index contributed by atoms with van der Waals surface area (Å²) in [6.45, 7) is 2.58. The van der Waals surface area contributed by atoms with Crippen LogP contribution in [0, 0.1) is 10.1 Å². The molecule has 1 amide bonds. The molecule has 0 radical (unpaired) electrons. The molecule has 20 heavy (non-hydrogen) atoms. The van der Waals surface area contributed by atoms with E-state index in [0.29, 0.717) is 6.61 Å². The van der Waals surface area contributed by atoms with Crippen molar-refractivity contribution in [2.45, 2.75) is 31.9 Å². The van der Waals surface area contributed by atoms with Crippen molar-refractivity contribution in [1.29, 1.82) is 0 Å². The van der Waals surface area contributed by atoms with Crippen molar-refractivity contribution < 1.29 is 14.5 Å². The Labute approximate surface area is 116 Å². The highest BCUT2D eigenvalue weighted by molar-refractivity contribution is 6.01. The molecule has 1 saturated carbocycles. The summed E-state index contributed by atoms with van der Waals surface area (Å²) in [5, 5.41) is 13.6. The number of carbonyl (C=O) groups is 1. The lowest BCUT2D eigenvalue weighted by Crippen LogP contribution is -2.47. The number of ether oxygens (including phenoxy) is 1. The summed E-state index contributed by atoms with van der Waals surface area (Å²) in [4.78, 5) is 22.2. The molecule has 3 N–H and O–H groups in total. The molecule has 1 aromatic rings. The van der Waals surface area contributed by atoms with Crippen molar-refractivity contribution in [3.63, 3.8) is 0 Å². The van der Waals surface area contributed by atoms with Gasteiger partial charge in [-0.2, -0.15) is 0 Å². The van der Waals surface area contributed by atoms with Crippen molar-refractivity contribution in [3.05, 3.63) is 33.9 Å². The topological polar surface area (TPSA) is 107 Å². The number of nitrogen functional groups attached to an aromatic ring is 1. The second-order valence-corrected chi connectivity index (χ2v) is 4.71. The maximum absolute atomic E-state index is 12.1. The number of nitrogens with zero attached hydrogens (tertiary/aromatic N) is 1. The number of nitrogens with two attached hydrogens (primary N) is 1. The molecule has 1 aromatic carbocycles. The van der Waals surface area contributed by atoms with Crippen LogP contribution in [0.15, 0.2) is 18.2 Å². The lowest BCUT2D eigenvalue weighted by molar-refractivity contribution is -0.383. The summed E-state index contributed by atoms with van der Waals surface area (Å²) in [5.74, 6) is -0.383. The predicted octanol–water partition coefficient (Wildman–Crippen LogP) is 1.47. The minimum Gasteiger partial charge on any atom is -0.393 e. The third kappa shape index (κ3) is 2.88. The van der Waals surface area contributed by atoms with Crippen LogP contribution in [0.3, 0.4) is 0 Å². The van der Waals surface area contributed by atoms with E-state index in [-0.39, 0.29) is 35.0 Å². The molecule has 0 aliphatic heterocycles. The maximum Gasteiger partial charge on any atom is 0.292 e. The molecular formula is C13H17N3O4. The standard InChI is InChI=1S/C13H17N3O4/c1-2-20-9-6-8(7-9)15-13(17)10-4-3-5-11(12(10)14)16(18)19/h3-5,8-9H,2,6-7,14H2,1H3,(H,15,17). The van der Waals surface area contributed by atoms with Gasteiger partial charge in [0.05, 0.1) is 16.6 Å². The molecule has 0 bridgehead atoms. The first-order chi connectivity index (χ1) is 9.52. The van der Waals surface area contributed by atoms with Gasteiger partial charge in [0.1, 0.15) is 5.69 Å². The Morgan fingerprint density at radius 3 is 2.85 bits per heavy atom. The van der Waals surface area contributed by atoms with Gasteiger partial charge in [-0.05, 0) is 25.8 Å². The predicted molar refractivity (Wildman–Crippen MR) is 73.4 cm³/mol. The first-order valence-corrected chi connectivity index (χ1v) is 6.48. The van der Waals surface area contributed by atoms with E-state index >= 15 is 0 Å². The van der Waals surface area contributed by atoms with Gasteiger partial charge in [0.25, 0.3) is 11.6 Å². The van der Waals surface area contributed by atoms with Crippen LogP contribution >= 0.6 is 0 Å². The Morgan fingerprint density at radius 2 is 2.25 bits per heavy atom. The molecule has 0 unspecified atom stereocenters. The molecule has 0 atom stereocenters. The monoisotopic (exact) mass is 279 g/mol. The molecule has 0 spiro atoms. The lowest BCUT2D eigenvalue weighted by Gasteiger charge is -2.35.